The van der Waals surface area contributed by atoms with Gasteiger partial charge in [-0.1, -0.05) is 68.2 Å². The Kier molecular flexibility index (Phi) is 8.95. The molecule has 1 unspecified atom stereocenters. The molecule has 14 heteroatoms. The number of nitrogen functional groups attached to an aromatic ring is 1. The van der Waals surface area contributed by atoms with Crippen LogP contribution in [-0.4, -0.2) is 52.2 Å². The predicted octanol–water partition coefficient (Wildman–Crippen LogP) is 6.39. The molecule has 2 aliphatic rings. The first kappa shape index (κ1) is 32.4. The maximum Gasteiger partial charge on any atom is 0.272 e. The number of benzene rings is 1. The first-order valence-electron chi connectivity index (χ1n) is 14.0. The number of anilines is 2. The van der Waals surface area contributed by atoms with Crippen molar-refractivity contribution >= 4 is 68.8 Å². The molecule has 2 N–H and O–H groups in total. The van der Waals surface area contributed by atoms with Crippen LogP contribution in [0.15, 0.2) is 40.8 Å². The van der Waals surface area contributed by atoms with Gasteiger partial charge in [0.2, 0.25) is 5.91 Å². The third kappa shape index (κ3) is 5.35. The Bertz CT molecular complexity index is 1900. The van der Waals surface area contributed by atoms with E-state index in [2.05, 4.69) is 17.6 Å². The molecule has 45 heavy (non-hydrogen) atoms. The molecular formula is C31H28Cl3F2N7O2. The van der Waals surface area contributed by atoms with E-state index in [9.17, 15) is 19.2 Å². The van der Waals surface area contributed by atoms with Crippen LogP contribution in [0, 0.1) is 34.8 Å². The summed E-state index contributed by atoms with van der Waals surface area (Å²) in [5.41, 5.74) is 4.33. The van der Waals surface area contributed by atoms with Gasteiger partial charge < -0.3 is 15.5 Å². The highest BCUT2D eigenvalue weighted by molar-refractivity contribution is 6.44. The molecule has 2 atom stereocenters. The van der Waals surface area contributed by atoms with Crippen molar-refractivity contribution in [2.24, 2.45) is 16.8 Å². The zero-order chi connectivity index (χ0) is 32.9. The van der Waals surface area contributed by atoms with E-state index in [-0.39, 0.29) is 58.4 Å². The van der Waals surface area contributed by atoms with Gasteiger partial charge in [-0.05, 0) is 18.1 Å². The van der Waals surface area contributed by atoms with Crippen molar-refractivity contribution in [1.29, 1.82) is 5.26 Å². The van der Waals surface area contributed by atoms with Gasteiger partial charge in [0.1, 0.15) is 23.0 Å². The third-order valence-corrected chi connectivity index (χ3v) is 9.24. The summed E-state index contributed by atoms with van der Waals surface area (Å²) in [6, 6.07) is 2.88. The maximum absolute atomic E-state index is 15.6. The molecular weight excluding hydrogens is 647 g/mol. The molecule has 2 aliphatic heterocycles. The largest absolute Gasteiger partial charge is 0.394 e. The number of halogens is 5. The average Bonchev–Trinajstić information content (AvgIpc) is 3.02. The van der Waals surface area contributed by atoms with Crippen LogP contribution >= 0.6 is 34.8 Å². The number of piperazine rings is 1. The van der Waals surface area contributed by atoms with Gasteiger partial charge in [-0.2, -0.15) is 5.26 Å². The quantitative estimate of drug-likeness (QED) is 0.145. The second-order valence-electron chi connectivity index (χ2n) is 11.1. The van der Waals surface area contributed by atoms with Gasteiger partial charge in [-0.3, -0.25) is 19.1 Å². The standard InChI is InChI=1S/C31H28Cl3F2N7O2/c1-5-19(44)41-8-10-42(11-9-41)29-16-12-18(32)27(20-21(33)22(34)24(36)25(38)23(20)35)40-30(16)43(31(45)17(29)13-37)28-15(4)6-7-39-26(28)14(2)3/h5-7,12,14-15,28H,1,8-11,38H2,2-4H3/t15-,28?/m1/s1. The summed E-state index contributed by atoms with van der Waals surface area (Å²) in [5.74, 6) is -3.05. The number of allylic oxidation sites excluding steroid dienone is 1. The van der Waals surface area contributed by atoms with E-state index >= 15 is 4.39 Å². The molecule has 2 aromatic heterocycles. The van der Waals surface area contributed by atoms with Crippen LogP contribution in [0.4, 0.5) is 20.2 Å². The average molecular weight is 675 g/mol. The molecule has 3 aromatic rings. The number of carbonyl (C=O) groups is 1. The third-order valence-electron chi connectivity index (χ3n) is 8.12. The lowest BCUT2D eigenvalue weighted by molar-refractivity contribution is -0.126. The molecule has 0 bridgehead atoms. The van der Waals surface area contributed by atoms with Crippen molar-refractivity contribution < 1.29 is 13.6 Å². The Morgan fingerprint density at radius 2 is 1.84 bits per heavy atom. The summed E-state index contributed by atoms with van der Waals surface area (Å²) in [7, 11) is 0. The highest BCUT2D eigenvalue weighted by atomic mass is 35.5. The van der Waals surface area contributed by atoms with Crippen molar-refractivity contribution in [3.05, 3.63) is 73.6 Å². The van der Waals surface area contributed by atoms with E-state index in [0.29, 0.717) is 24.2 Å². The first-order chi connectivity index (χ1) is 21.3. The van der Waals surface area contributed by atoms with Gasteiger partial charge in [0.05, 0.1) is 38.1 Å². The number of carbonyl (C=O) groups excluding carboxylic acids is 1. The number of pyridine rings is 2. The summed E-state index contributed by atoms with van der Waals surface area (Å²) in [6.45, 7) is 10.5. The van der Waals surface area contributed by atoms with Crippen LogP contribution in [0.25, 0.3) is 22.3 Å². The fourth-order valence-electron chi connectivity index (χ4n) is 5.87. The molecule has 0 radical (unpaired) electrons. The normalized spacial score (nSPS) is 18.4. The Balaban J connectivity index is 1.88. The highest BCUT2D eigenvalue weighted by Gasteiger charge is 2.35. The van der Waals surface area contributed by atoms with Crippen molar-refractivity contribution in [2.75, 3.05) is 36.8 Å². The number of aromatic nitrogens is 2. The zero-order valence-electron chi connectivity index (χ0n) is 24.5. The summed E-state index contributed by atoms with van der Waals surface area (Å²) < 4.78 is 31.4. The second-order valence-corrected chi connectivity index (χ2v) is 12.3. The Morgan fingerprint density at radius 3 is 2.44 bits per heavy atom. The summed E-state index contributed by atoms with van der Waals surface area (Å²) in [4.78, 5) is 39.4. The molecule has 1 saturated heterocycles. The van der Waals surface area contributed by atoms with E-state index < -0.39 is 44.5 Å². The van der Waals surface area contributed by atoms with Crippen molar-refractivity contribution in [2.45, 2.75) is 26.8 Å². The molecule has 0 saturated carbocycles. The summed E-state index contributed by atoms with van der Waals surface area (Å²) in [5, 5.41) is 9.49. The van der Waals surface area contributed by atoms with Crippen molar-refractivity contribution in [3.63, 3.8) is 0 Å². The van der Waals surface area contributed by atoms with E-state index in [1.165, 1.54) is 16.7 Å². The number of nitriles is 1. The van der Waals surface area contributed by atoms with Gasteiger partial charge >= 0.3 is 0 Å². The Morgan fingerprint density at radius 1 is 1.18 bits per heavy atom. The molecule has 1 aromatic carbocycles. The smallest absolute Gasteiger partial charge is 0.272 e. The van der Waals surface area contributed by atoms with Crippen LogP contribution in [-0.2, 0) is 4.79 Å². The molecule has 5 rings (SSSR count). The van der Waals surface area contributed by atoms with Crippen LogP contribution in [0.2, 0.25) is 15.1 Å². The summed E-state index contributed by atoms with van der Waals surface area (Å²) in [6.07, 6.45) is 4.73. The minimum Gasteiger partial charge on any atom is -0.394 e. The minimum atomic E-state index is -1.23. The molecule has 1 fully saturated rings. The van der Waals surface area contributed by atoms with Crippen LogP contribution in [0.3, 0.4) is 0 Å². The van der Waals surface area contributed by atoms with Crippen molar-refractivity contribution in [3.8, 4) is 17.3 Å². The van der Waals surface area contributed by atoms with Crippen LogP contribution in [0.1, 0.15) is 32.4 Å². The molecule has 1 amide bonds. The van der Waals surface area contributed by atoms with Gasteiger partial charge in [0, 0.05) is 49.4 Å². The lowest BCUT2D eigenvalue weighted by Gasteiger charge is -2.37. The monoisotopic (exact) mass is 673 g/mol. The van der Waals surface area contributed by atoms with Crippen LogP contribution in [0.5, 0.6) is 0 Å². The van der Waals surface area contributed by atoms with E-state index in [0.717, 1.165) is 0 Å². The molecule has 9 nitrogen and oxygen atoms in total. The number of nitrogens with zero attached hydrogens (tertiary/aromatic N) is 6. The Hall–Kier alpha value is -3.98. The van der Waals surface area contributed by atoms with E-state index in [1.54, 1.807) is 11.1 Å². The molecule has 4 heterocycles. The van der Waals surface area contributed by atoms with Gasteiger partial charge in [0.25, 0.3) is 5.56 Å². The van der Waals surface area contributed by atoms with Crippen LogP contribution < -0.4 is 16.2 Å². The fourth-order valence-corrected chi connectivity index (χ4v) is 6.56. The molecule has 0 spiro atoms. The first-order valence-corrected chi connectivity index (χ1v) is 15.2. The van der Waals surface area contributed by atoms with Gasteiger partial charge in [-0.25, -0.2) is 13.8 Å². The second kappa shape index (κ2) is 12.4. The fraction of sp³-hybridized carbons (Fsp3) is 0.323. The van der Waals surface area contributed by atoms with Gasteiger partial charge in [0.15, 0.2) is 11.6 Å². The topological polar surface area (TPSA) is 121 Å². The number of aliphatic imine (C=N–C) groups is 1. The number of hydrogen-bond acceptors (Lipinski definition) is 7. The number of nitrogens with two attached hydrogens (primary N) is 1. The zero-order valence-corrected chi connectivity index (χ0v) is 26.8. The minimum absolute atomic E-state index is 0.0629. The lowest BCUT2D eigenvalue weighted by atomic mass is 9.88. The molecule has 234 valence electrons. The molecule has 0 aliphatic carbocycles. The number of hydrogen-bond donors (Lipinski definition) is 1. The predicted molar refractivity (Wildman–Crippen MR) is 174 cm³/mol. The van der Waals surface area contributed by atoms with Gasteiger partial charge in [-0.15, -0.1) is 0 Å². The van der Waals surface area contributed by atoms with E-state index in [4.69, 9.17) is 45.5 Å². The SMILES string of the molecule is C=CC(=O)N1CCN(c2c(C#N)c(=O)n(C3C(C(C)C)=NC=C[C@H]3C)c3nc(-c4c(F)c(N)c(F)c(Cl)c4Cl)c(Cl)cc23)CC1. The Labute approximate surface area is 272 Å². The highest BCUT2D eigenvalue weighted by Crippen LogP contribution is 2.44. The number of fused-ring (bicyclic) bond motifs is 1. The van der Waals surface area contributed by atoms with E-state index in [1.807, 2.05) is 31.7 Å². The maximum atomic E-state index is 15.6. The summed E-state index contributed by atoms with van der Waals surface area (Å²) >= 11 is 19.2. The lowest BCUT2D eigenvalue weighted by Crippen LogP contribution is -2.49. The van der Waals surface area contributed by atoms with Crippen molar-refractivity contribution in [1.82, 2.24) is 14.5 Å². The number of rotatable bonds is 5. The number of amides is 1.